The van der Waals surface area contributed by atoms with Gasteiger partial charge in [0.15, 0.2) is 0 Å². The molecule has 5 aromatic carbocycles. The second kappa shape index (κ2) is 22.0. The van der Waals surface area contributed by atoms with E-state index in [4.69, 9.17) is 15.0 Å². The summed E-state index contributed by atoms with van der Waals surface area (Å²) in [4.78, 5) is 29.8. The number of piperazine rings is 2. The molecule has 0 spiro atoms. The number of hydrogen-bond acceptors (Lipinski definition) is 11. The molecule has 68 heavy (non-hydrogen) atoms. The van der Waals surface area contributed by atoms with Crippen LogP contribution >= 0.6 is 0 Å². The first-order valence-corrected chi connectivity index (χ1v) is 23.8. The maximum absolute atomic E-state index is 13.9. The Balaban J connectivity index is 1.04. The van der Waals surface area contributed by atoms with Gasteiger partial charge in [0.25, 0.3) is 0 Å². The van der Waals surface area contributed by atoms with Gasteiger partial charge in [-0.3, -0.25) is 9.80 Å². The fourth-order valence-electron chi connectivity index (χ4n) is 9.64. The van der Waals surface area contributed by atoms with Crippen LogP contribution in [0.15, 0.2) is 146 Å². The summed E-state index contributed by atoms with van der Waals surface area (Å²) in [6.07, 6.45) is 5.43. The maximum Gasteiger partial charge on any atom is 0.227 e. The fraction of sp³-hybridized carbons (Fsp3) is 0.309. The second-order valence-corrected chi connectivity index (χ2v) is 18.0. The molecule has 11 nitrogen and oxygen atoms in total. The third-order valence-electron chi connectivity index (χ3n) is 13.1. The van der Waals surface area contributed by atoms with Crippen LogP contribution in [0.2, 0.25) is 0 Å². The molecule has 2 saturated heterocycles. The molecule has 13 heteroatoms. The van der Waals surface area contributed by atoms with Gasteiger partial charge in [0.05, 0.1) is 11.4 Å². The van der Waals surface area contributed by atoms with Crippen LogP contribution in [0.4, 0.5) is 20.7 Å². The molecule has 0 amide bonds. The van der Waals surface area contributed by atoms with Gasteiger partial charge in [0.2, 0.25) is 11.9 Å². The zero-order chi connectivity index (χ0) is 46.8. The van der Waals surface area contributed by atoms with E-state index >= 15 is 0 Å². The number of aromatic hydroxyl groups is 1. The Kier molecular flexibility index (Phi) is 15.0. The van der Waals surface area contributed by atoms with Gasteiger partial charge in [-0.15, -0.1) is 0 Å². The molecule has 2 fully saturated rings. The minimum Gasteiger partial charge on any atom is -0.508 e. The first-order chi connectivity index (χ1) is 33.2. The van der Waals surface area contributed by atoms with Crippen molar-refractivity contribution in [1.82, 2.24) is 40.0 Å². The van der Waals surface area contributed by atoms with Crippen LogP contribution in [0.5, 0.6) is 5.75 Å². The van der Waals surface area contributed by atoms with Crippen molar-refractivity contribution in [1.29, 1.82) is 0 Å². The molecule has 0 saturated carbocycles. The van der Waals surface area contributed by atoms with Crippen molar-refractivity contribution in [3.8, 4) is 28.3 Å². The Labute approximate surface area is 398 Å². The van der Waals surface area contributed by atoms with Crippen molar-refractivity contribution >= 4 is 11.9 Å². The largest absolute Gasteiger partial charge is 0.508 e. The Morgan fingerprint density at radius 2 is 1.49 bits per heavy atom. The summed E-state index contributed by atoms with van der Waals surface area (Å²) in [7, 11) is 2.19. The first kappa shape index (κ1) is 46.5. The maximum atomic E-state index is 13.9. The number of halogens is 2. The number of benzene rings is 5. The average molecular weight is 915 g/mol. The van der Waals surface area contributed by atoms with E-state index in [-0.39, 0.29) is 18.0 Å². The molecule has 2 aromatic heterocycles. The van der Waals surface area contributed by atoms with Gasteiger partial charge >= 0.3 is 0 Å². The minimum absolute atomic E-state index is 0.236. The van der Waals surface area contributed by atoms with Crippen LogP contribution in [0.3, 0.4) is 0 Å². The SMILES string of the molecule is CCC1CN(C)CCN1C(c1cccc(-c2ccnc(NCCc3cc(F)cc(F)c3)n2)c1)N(CCc1ccc(O)cc1)c1nccc(-c2cccc(CN3CCN[C@H](c4ccccc4)C3)c2)n1. The Bertz CT molecular complexity index is 2720. The highest BCUT2D eigenvalue weighted by molar-refractivity contribution is 5.63. The zero-order valence-corrected chi connectivity index (χ0v) is 38.9. The molecular weight excluding hydrogens is 855 g/mol. The highest BCUT2D eigenvalue weighted by atomic mass is 19.1. The Morgan fingerprint density at radius 3 is 2.28 bits per heavy atom. The minimum atomic E-state index is -0.596. The van der Waals surface area contributed by atoms with Gasteiger partial charge in [-0.2, -0.15) is 0 Å². The number of likely N-dealkylation sites (N-methyl/N-ethyl adjacent to an activating group) is 1. The number of anilines is 2. The predicted octanol–water partition coefficient (Wildman–Crippen LogP) is 9.16. The summed E-state index contributed by atoms with van der Waals surface area (Å²) in [6, 6.07) is 43.5. The van der Waals surface area contributed by atoms with Gasteiger partial charge in [0, 0.05) is 101 Å². The summed E-state index contributed by atoms with van der Waals surface area (Å²) >= 11 is 0. The van der Waals surface area contributed by atoms with Crippen molar-refractivity contribution in [2.45, 2.75) is 51.0 Å². The van der Waals surface area contributed by atoms with Crippen molar-refractivity contribution < 1.29 is 13.9 Å². The quantitative estimate of drug-likeness (QED) is 0.0815. The lowest BCUT2D eigenvalue weighted by Gasteiger charge is -2.48. The number of phenolic OH excluding ortho intramolecular Hbond substituents is 1. The summed E-state index contributed by atoms with van der Waals surface area (Å²) in [5.74, 6) is 0.109. The highest BCUT2D eigenvalue weighted by Gasteiger charge is 2.36. The van der Waals surface area contributed by atoms with Gasteiger partial charge in [-0.1, -0.05) is 85.8 Å². The van der Waals surface area contributed by atoms with Crippen LogP contribution < -0.4 is 15.5 Å². The molecular formula is C55H60F2N10O. The molecule has 2 aliphatic rings. The number of nitrogens with one attached hydrogen (secondary N) is 2. The molecule has 0 bridgehead atoms. The van der Waals surface area contributed by atoms with Crippen molar-refractivity contribution in [3.05, 3.63) is 185 Å². The number of hydrogen-bond donors (Lipinski definition) is 3. The van der Waals surface area contributed by atoms with Gasteiger partial charge in [-0.05, 0) is 103 Å². The lowest BCUT2D eigenvalue weighted by molar-refractivity contribution is 0.0470. The molecule has 3 atom stereocenters. The van der Waals surface area contributed by atoms with Crippen molar-refractivity contribution in [2.24, 2.45) is 0 Å². The lowest BCUT2D eigenvalue weighted by atomic mass is 10.0. The van der Waals surface area contributed by atoms with Crippen LogP contribution in [0.25, 0.3) is 22.5 Å². The standard InChI is InChI=1S/C55H60F2N10O/c1-3-48-37-64(2)29-30-66(48)53(45-14-8-13-44(34-45)50-20-24-60-54(62-50)59-23-19-40-32-46(56)35-47(57)33-40)67(27-22-39-15-17-49(68)18-16-39)55-61-25-21-51(63-55)43-12-7-9-41(31-43)36-65-28-26-58-52(38-65)42-10-5-4-6-11-42/h4-18,20-21,24-25,31-35,48,52-53,58,68H,3,19,22-23,26-30,36-38H2,1-2H3,(H,59,60,62)/t48?,52-,53?/m0/s1. The van der Waals surface area contributed by atoms with Crippen molar-refractivity contribution in [3.63, 3.8) is 0 Å². The van der Waals surface area contributed by atoms with E-state index in [9.17, 15) is 13.9 Å². The zero-order valence-electron chi connectivity index (χ0n) is 38.9. The summed E-state index contributed by atoms with van der Waals surface area (Å²) in [5, 5.41) is 17.1. The topological polar surface area (TPSA) is 109 Å². The normalized spacial score (nSPS) is 17.5. The molecule has 350 valence electrons. The molecule has 0 aliphatic carbocycles. The van der Waals surface area contributed by atoms with Gasteiger partial charge in [-0.25, -0.2) is 28.7 Å². The molecule has 0 radical (unpaired) electrons. The average Bonchev–Trinajstić information content (AvgIpc) is 3.36. The van der Waals surface area contributed by atoms with E-state index in [0.717, 1.165) is 91.9 Å². The third kappa shape index (κ3) is 11.7. The van der Waals surface area contributed by atoms with Crippen LogP contribution in [-0.2, 0) is 19.4 Å². The second-order valence-electron chi connectivity index (χ2n) is 18.0. The molecule has 9 rings (SSSR count). The lowest BCUT2D eigenvalue weighted by Crippen LogP contribution is -2.56. The number of nitrogens with zero attached hydrogens (tertiary/aromatic N) is 8. The molecule has 7 aromatic rings. The van der Waals surface area contributed by atoms with E-state index in [1.165, 1.54) is 23.3 Å². The predicted molar refractivity (Wildman–Crippen MR) is 266 cm³/mol. The summed E-state index contributed by atoms with van der Waals surface area (Å²) in [5.41, 5.74) is 8.86. The van der Waals surface area contributed by atoms with E-state index in [1.807, 2.05) is 30.5 Å². The first-order valence-electron chi connectivity index (χ1n) is 23.8. The number of rotatable bonds is 17. The summed E-state index contributed by atoms with van der Waals surface area (Å²) < 4.78 is 27.7. The number of phenols is 1. The smallest absolute Gasteiger partial charge is 0.227 e. The van der Waals surface area contributed by atoms with Gasteiger partial charge < -0.3 is 25.5 Å². The third-order valence-corrected chi connectivity index (χ3v) is 13.1. The van der Waals surface area contributed by atoms with E-state index in [0.29, 0.717) is 49.4 Å². The number of aromatic nitrogens is 4. The molecule has 2 aliphatic heterocycles. The van der Waals surface area contributed by atoms with Crippen molar-refractivity contribution in [2.75, 3.05) is 69.6 Å². The van der Waals surface area contributed by atoms with Crippen LogP contribution in [0.1, 0.15) is 53.4 Å². The van der Waals surface area contributed by atoms with Gasteiger partial charge in [0.1, 0.15) is 23.5 Å². The van der Waals surface area contributed by atoms with Crippen LogP contribution in [0, 0.1) is 11.6 Å². The van der Waals surface area contributed by atoms with E-state index in [2.05, 4.69) is 128 Å². The Hall–Kier alpha value is -6.64. The molecule has 4 heterocycles. The fourth-order valence-corrected chi connectivity index (χ4v) is 9.64. The monoisotopic (exact) mass is 914 g/mol. The van der Waals surface area contributed by atoms with E-state index < -0.39 is 11.6 Å². The molecule has 2 unspecified atom stereocenters. The van der Waals surface area contributed by atoms with Crippen LogP contribution in [-0.4, -0.2) is 105 Å². The Morgan fingerprint density at radius 1 is 0.735 bits per heavy atom. The molecule has 3 N–H and O–H groups in total. The highest BCUT2D eigenvalue weighted by Crippen LogP contribution is 2.35. The van der Waals surface area contributed by atoms with E-state index in [1.54, 1.807) is 18.3 Å². The summed E-state index contributed by atoms with van der Waals surface area (Å²) in [6.45, 7) is 9.64.